The lowest BCUT2D eigenvalue weighted by Crippen LogP contribution is -1.84. The number of benzene rings is 2. The Hall–Kier alpha value is -2.20. The molecule has 0 unspecified atom stereocenters. The number of aromatic amines is 2. The van der Waals surface area contributed by atoms with Gasteiger partial charge in [-0.3, -0.25) is 0 Å². The summed E-state index contributed by atoms with van der Waals surface area (Å²) in [4.78, 5) is 6.19. The molecule has 2 nitrogen and oxygen atoms in total. The maximum absolute atomic E-state index is 13.3. The van der Waals surface area contributed by atoms with Gasteiger partial charge in [0.1, 0.15) is 5.82 Å². The zero-order chi connectivity index (χ0) is 13.2. The van der Waals surface area contributed by atoms with Crippen LogP contribution in [-0.2, 0) is 0 Å². The third kappa shape index (κ3) is 2.35. The minimum Gasteiger partial charge on any atom is -0.330 e. The first-order chi connectivity index (χ1) is 9.24. The van der Waals surface area contributed by atoms with Crippen LogP contribution in [0.5, 0.6) is 0 Å². The molecule has 2 N–H and O–H groups in total. The Morgan fingerprint density at radius 1 is 0.789 bits per heavy atom. The molecule has 2 aromatic carbocycles. The van der Waals surface area contributed by atoms with Crippen molar-refractivity contribution in [3.05, 3.63) is 65.2 Å². The lowest BCUT2D eigenvalue weighted by molar-refractivity contribution is 0.628. The molecule has 0 aliphatic carbocycles. The van der Waals surface area contributed by atoms with Crippen molar-refractivity contribution in [2.45, 2.75) is 0 Å². The highest BCUT2D eigenvalue weighted by molar-refractivity contribution is 7.71. The predicted octanol–water partition coefficient (Wildman–Crippen LogP) is 4.55. The Morgan fingerprint density at radius 3 is 2.11 bits per heavy atom. The molecule has 1 aromatic heterocycles. The van der Waals surface area contributed by atoms with E-state index in [0.717, 1.165) is 22.5 Å². The molecule has 19 heavy (non-hydrogen) atoms. The van der Waals surface area contributed by atoms with Crippen LogP contribution in [0.25, 0.3) is 22.5 Å². The molecule has 0 bridgehead atoms. The van der Waals surface area contributed by atoms with Crippen LogP contribution in [0.2, 0.25) is 0 Å². The minimum absolute atomic E-state index is 0.267. The number of halogens is 1. The van der Waals surface area contributed by atoms with Gasteiger partial charge in [0, 0.05) is 11.1 Å². The van der Waals surface area contributed by atoms with Gasteiger partial charge < -0.3 is 9.97 Å². The summed E-state index contributed by atoms with van der Waals surface area (Å²) in [6.45, 7) is 0. The molecule has 0 aliphatic rings. The van der Waals surface area contributed by atoms with E-state index in [1.54, 1.807) is 6.07 Å². The van der Waals surface area contributed by atoms with Crippen LogP contribution in [0.1, 0.15) is 0 Å². The van der Waals surface area contributed by atoms with Gasteiger partial charge in [-0.25, -0.2) is 4.39 Å². The van der Waals surface area contributed by atoms with Crippen LogP contribution in [0.4, 0.5) is 4.39 Å². The number of imidazole rings is 1. The third-order valence-electron chi connectivity index (χ3n) is 2.90. The number of nitrogens with one attached hydrogen (secondary N) is 2. The van der Waals surface area contributed by atoms with E-state index in [0.29, 0.717) is 4.77 Å². The van der Waals surface area contributed by atoms with Gasteiger partial charge in [-0.05, 0) is 24.4 Å². The van der Waals surface area contributed by atoms with Crippen LogP contribution in [0, 0.1) is 10.6 Å². The molecule has 0 spiro atoms. The number of aromatic nitrogens is 2. The molecule has 1 heterocycles. The van der Waals surface area contributed by atoms with Gasteiger partial charge in [-0.15, -0.1) is 0 Å². The Balaban J connectivity index is 2.21. The summed E-state index contributed by atoms with van der Waals surface area (Å²) in [5.41, 5.74) is 3.45. The monoisotopic (exact) mass is 270 g/mol. The van der Waals surface area contributed by atoms with E-state index in [1.165, 1.54) is 12.1 Å². The van der Waals surface area contributed by atoms with Crippen molar-refractivity contribution >= 4 is 12.2 Å². The van der Waals surface area contributed by atoms with E-state index in [9.17, 15) is 4.39 Å². The maximum Gasteiger partial charge on any atom is 0.175 e. The van der Waals surface area contributed by atoms with Crippen LogP contribution in [0.15, 0.2) is 54.6 Å². The van der Waals surface area contributed by atoms with Gasteiger partial charge in [-0.2, -0.15) is 0 Å². The number of H-pyrrole nitrogens is 2. The van der Waals surface area contributed by atoms with Crippen molar-refractivity contribution in [2.75, 3.05) is 0 Å². The minimum atomic E-state index is -0.267. The summed E-state index contributed by atoms with van der Waals surface area (Å²) in [6, 6.07) is 16.3. The first-order valence-corrected chi connectivity index (χ1v) is 6.28. The van der Waals surface area contributed by atoms with E-state index in [4.69, 9.17) is 12.2 Å². The first-order valence-electron chi connectivity index (χ1n) is 5.88. The summed E-state index contributed by atoms with van der Waals surface area (Å²) < 4.78 is 13.9. The molecule has 0 amide bonds. The zero-order valence-electron chi connectivity index (χ0n) is 9.98. The Bertz CT molecular complexity index is 759. The molecule has 3 rings (SSSR count). The van der Waals surface area contributed by atoms with Crippen LogP contribution in [-0.4, -0.2) is 9.97 Å². The van der Waals surface area contributed by atoms with E-state index in [2.05, 4.69) is 9.97 Å². The normalized spacial score (nSPS) is 10.6. The van der Waals surface area contributed by atoms with Crippen LogP contribution < -0.4 is 0 Å². The molecule has 0 saturated heterocycles. The average Bonchev–Trinajstić information content (AvgIpc) is 2.82. The maximum atomic E-state index is 13.3. The molecule has 0 atom stereocenters. The van der Waals surface area contributed by atoms with Crippen molar-refractivity contribution in [1.82, 2.24) is 9.97 Å². The smallest absolute Gasteiger partial charge is 0.175 e. The Morgan fingerprint density at radius 2 is 1.42 bits per heavy atom. The average molecular weight is 270 g/mol. The van der Waals surface area contributed by atoms with E-state index >= 15 is 0 Å². The van der Waals surface area contributed by atoms with Gasteiger partial charge in [0.05, 0.1) is 11.4 Å². The van der Waals surface area contributed by atoms with E-state index in [-0.39, 0.29) is 5.82 Å². The Labute approximate surface area is 114 Å². The van der Waals surface area contributed by atoms with Gasteiger partial charge in [-0.1, -0.05) is 42.5 Å². The van der Waals surface area contributed by atoms with Crippen molar-refractivity contribution in [1.29, 1.82) is 0 Å². The van der Waals surface area contributed by atoms with Crippen molar-refractivity contribution in [3.63, 3.8) is 0 Å². The summed E-state index contributed by atoms with van der Waals surface area (Å²) in [7, 11) is 0. The lowest BCUT2D eigenvalue weighted by Gasteiger charge is -2.04. The highest BCUT2D eigenvalue weighted by Crippen LogP contribution is 2.29. The summed E-state index contributed by atoms with van der Waals surface area (Å²) in [5, 5.41) is 0. The first kappa shape index (κ1) is 11.9. The Kier molecular flexibility index (Phi) is 3.01. The van der Waals surface area contributed by atoms with Gasteiger partial charge in [0.15, 0.2) is 4.77 Å². The molecular weight excluding hydrogens is 259 g/mol. The largest absolute Gasteiger partial charge is 0.330 e. The fourth-order valence-corrected chi connectivity index (χ4v) is 2.27. The van der Waals surface area contributed by atoms with Crippen molar-refractivity contribution in [2.24, 2.45) is 0 Å². The fourth-order valence-electron chi connectivity index (χ4n) is 2.07. The highest BCUT2D eigenvalue weighted by Gasteiger charge is 2.10. The zero-order valence-corrected chi connectivity index (χ0v) is 10.8. The van der Waals surface area contributed by atoms with Crippen molar-refractivity contribution < 1.29 is 4.39 Å². The molecule has 0 aliphatic heterocycles. The predicted molar refractivity (Wildman–Crippen MR) is 76.8 cm³/mol. The SMILES string of the molecule is Fc1cccc(-c2[nH]c(=S)[nH]c2-c2ccccc2)c1. The van der Waals surface area contributed by atoms with E-state index in [1.807, 2.05) is 36.4 Å². The summed E-state index contributed by atoms with van der Waals surface area (Å²) in [6.07, 6.45) is 0. The molecule has 4 heteroatoms. The fraction of sp³-hybridized carbons (Fsp3) is 0. The molecule has 3 aromatic rings. The number of hydrogen-bond donors (Lipinski definition) is 2. The van der Waals surface area contributed by atoms with Gasteiger partial charge in [0.25, 0.3) is 0 Å². The second-order valence-corrected chi connectivity index (χ2v) is 4.61. The number of rotatable bonds is 2. The quantitative estimate of drug-likeness (QED) is 0.658. The third-order valence-corrected chi connectivity index (χ3v) is 3.11. The van der Waals surface area contributed by atoms with Gasteiger partial charge in [0.2, 0.25) is 0 Å². The summed E-state index contributed by atoms with van der Waals surface area (Å²) in [5.74, 6) is -0.267. The van der Waals surface area contributed by atoms with E-state index < -0.39 is 0 Å². The topological polar surface area (TPSA) is 31.6 Å². The molecule has 0 saturated carbocycles. The molecular formula is C15H11FN2S. The number of hydrogen-bond acceptors (Lipinski definition) is 1. The second-order valence-electron chi connectivity index (χ2n) is 4.21. The van der Waals surface area contributed by atoms with Crippen LogP contribution in [0.3, 0.4) is 0 Å². The standard InChI is InChI=1S/C15H11FN2S/c16-12-8-4-7-11(9-12)14-13(17-15(19)18-14)10-5-2-1-3-6-10/h1-9H,(H2,17,18,19). The molecule has 0 radical (unpaired) electrons. The molecule has 94 valence electrons. The van der Waals surface area contributed by atoms with Crippen molar-refractivity contribution in [3.8, 4) is 22.5 Å². The summed E-state index contributed by atoms with van der Waals surface area (Å²) >= 11 is 5.15. The lowest BCUT2D eigenvalue weighted by atomic mass is 10.1. The second kappa shape index (κ2) is 4.82. The van der Waals surface area contributed by atoms with Crippen LogP contribution >= 0.6 is 12.2 Å². The highest BCUT2D eigenvalue weighted by atomic mass is 32.1. The van der Waals surface area contributed by atoms with Gasteiger partial charge >= 0.3 is 0 Å². The molecule has 0 fully saturated rings.